The molecular formula is C14H15NO4S. The number of carbonyl (C=O) groups is 1. The lowest BCUT2D eigenvalue weighted by Gasteiger charge is -2.14. The van der Waals surface area contributed by atoms with Gasteiger partial charge in [0, 0.05) is 12.5 Å². The van der Waals surface area contributed by atoms with Crippen molar-refractivity contribution in [2.24, 2.45) is 0 Å². The monoisotopic (exact) mass is 293 g/mol. The fourth-order valence-corrected chi connectivity index (χ4v) is 3.24. The van der Waals surface area contributed by atoms with Gasteiger partial charge in [0.15, 0.2) is 5.69 Å². The number of carboxylic acid groups (broad SMARTS) is 1. The van der Waals surface area contributed by atoms with E-state index >= 15 is 0 Å². The summed E-state index contributed by atoms with van der Waals surface area (Å²) >= 11 is 1.48. The standard InChI is InChI=1S/C14H15NO4S/c1-2-9-8(5-6-18-9)12-11(14(16)17)15-13(19-12)10-4-3-7-20-10/h3-4,7-9H,2,5-6H2,1H3,(H,16,17). The summed E-state index contributed by atoms with van der Waals surface area (Å²) in [5.74, 6) is -0.236. The highest BCUT2D eigenvalue weighted by Gasteiger charge is 2.35. The smallest absolute Gasteiger partial charge is 0.358 e. The van der Waals surface area contributed by atoms with Crippen molar-refractivity contribution in [2.45, 2.75) is 31.8 Å². The quantitative estimate of drug-likeness (QED) is 0.935. The lowest BCUT2D eigenvalue weighted by molar-refractivity contribution is 0.0684. The number of aromatic carboxylic acids is 1. The predicted octanol–water partition coefficient (Wildman–Crippen LogP) is 3.38. The third-order valence-corrected chi connectivity index (χ3v) is 4.39. The number of rotatable bonds is 4. The molecule has 1 aliphatic heterocycles. The molecule has 2 aromatic rings. The summed E-state index contributed by atoms with van der Waals surface area (Å²) in [6, 6.07) is 3.76. The highest BCUT2D eigenvalue weighted by atomic mass is 32.1. The molecule has 6 heteroatoms. The maximum Gasteiger partial charge on any atom is 0.358 e. The molecule has 5 nitrogen and oxygen atoms in total. The summed E-state index contributed by atoms with van der Waals surface area (Å²) in [6.45, 7) is 2.66. The van der Waals surface area contributed by atoms with Crippen LogP contribution in [0.4, 0.5) is 0 Å². The zero-order valence-electron chi connectivity index (χ0n) is 11.0. The van der Waals surface area contributed by atoms with E-state index in [1.165, 1.54) is 11.3 Å². The molecule has 3 heterocycles. The van der Waals surface area contributed by atoms with E-state index in [-0.39, 0.29) is 17.7 Å². The van der Waals surface area contributed by atoms with Crippen LogP contribution < -0.4 is 0 Å². The van der Waals surface area contributed by atoms with Crippen molar-refractivity contribution in [1.29, 1.82) is 0 Å². The first-order chi connectivity index (χ1) is 9.70. The van der Waals surface area contributed by atoms with E-state index in [0.29, 0.717) is 18.3 Å². The Kier molecular flexibility index (Phi) is 3.58. The van der Waals surface area contributed by atoms with Crippen LogP contribution in [-0.2, 0) is 4.74 Å². The maximum absolute atomic E-state index is 11.4. The van der Waals surface area contributed by atoms with Crippen LogP contribution in [0.25, 0.3) is 10.8 Å². The molecule has 2 unspecified atom stereocenters. The number of ether oxygens (including phenoxy) is 1. The fraction of sp³-hybridized carbons (Fsp3) is 0.429. The van der Waals surface area contributed by atoms with Crippen LogP contribution in [0.5, 0.6) is 0 Å². The van der Waals surface area contributed by atoms with Gasteiger partial charge in [-0.1, -0.05) is 13.0 Å². The molecule has 0 spiro atoms. The van der Waals surface area contributed by atoms with Crippen molar-refractivity contribution in [2.75, 3.05) is 6.61 Å². The minimum atomic E-state index is -1.05. The number of thiophene rings is 1. The van der Waals surface area contributed by atoms with Crippen LogP contribution in [0.3, 0.4) is 0 Å². The average Bonchev–Trinajstić information content (AvgIpc) is 3.17. The van der Waals surface area contributed by atoms with Crippen LogP contribution in [-0.4, -0.2) is 28.8 Å². The Morgan fingerprint density at radius 3 is 3.10 bits per heavy atom. The second kappa shape index (κ2) is 5.38. The van der Waals surface area contributed by atoms with E-state index in [9.17, 15) is 9.90 Å². The van der Waals surface area contributed by atoms with E-state index < -0.39 is 5.97 Å². The molecule has 3 rings (SSSR count). The molecule has 0 saturated carbocycles. The second-order valence-electron chi connectivity index (χ2n) is 4.73. The summed E-state index contributed by atoms with van der Waals surface area (Å²) in [7, 11) is 0. The van der Waals surface area contributed by atoms with E-state index in [2.05, 4.69) is 4.98 Å². The minimum Gasteiger partial charge on any atom is -0.476 e. The molecule has 1 aliphatic rings. The summed E-state index contributed by atoms with van der Waals surface area (Å²) in [5, 5.41) is 11.2. The topological polar surface area (TPSA) is 72.6 Å². The number of hydrogen-bond donors (Lipinski definition) is 1. The van der Waals surface area contributed by atoms with Gasteiger partial charge in [0.05, 0.1) is 11.0 Å². The Labute approximate surface area is 120 Å². The van der Waals surface area contributed by atoms with Gasteiger partial charge in [0.25, 0.3) is 0 Å². The Hall–Kier alpha value is -1.66. The van der Waals surface area contributed by atoms with Gasteiger partial charge in [0.2, 0.25) is 5.89 Å². The Morgan fingerprint density at radius 1 is 1.60 bits per heavy atom. The largest absolute Gasteiger partial charge is 0.476 e. The Morgan fingerprint density at radius 2 is 2.45 bits per heavy atom. The van der Waals surface area contributed by atoms with Gasteiger partial charge < -0.3 is 14.3 Å². The summed E-state index contributed by atoms with van der Waals surface area (Å²) in [5.41, 5.74) is 0.0161. The minimum absolute atomic E-state index is 0.0113. The number of carboxylic acids is 1. The van der Waals surface area contributed by atoms with Gasteiger partial charge in [-0.05, 0) is 24.3 Å². The van der Waals surface area contributed by atoms with Gasteiger partial charge in [-0.15, -0.1) is 11.3 Å². The highest BCUT2D eigenvalue weighted by Crippen LogP contribution is 2.37. The molecule has 0 bridgehead atoms. The van der Waals surface area contributed by atoms with Gasteiger partial charge in [-0.2, -0.15) is 0 Å². The van der Waals surface area contributed by atoms with Crippen LogP contribution in [0.1, 0.15) is 41.9 Å². The van der Waals surface area contributed by atoms with Crippen molar-refractivity contribution >= 4 is 17.3 Å². The van der Waals surface area contributed by atoms with Crippen molar-refractivity contribution in [3.63, 3.8) is 0 Å². The van der Waals surface area contributed by atoms with Crippen molar-refractivity contribution < 1.29 is 19.1 Å². The molecule has 2 aromatic heterocycles. The SMILES string of the molecule is CCC1OCCC1c1oc(-c2cccs2)nc1C(=O)O. The molecule has 0 amide bonds. The molecule has 20 heavy (non-hydrogen) atoms. The number of aromatic nitrogens is 1. The molecular weight excluding hydrogens is 278 g/mol. The first-order valence-corrected chi connectivity index (χ1v) is 7.48. The summed E-state index contributed by atoms with van der Waals surface area (Å²) < 4.78 is 11.4. The van der Waals surface area contributed by atoms with Crippen molar-refractivity contribution in [3.05, 3.63) is 29.0 Å². The zero-order chi connectivity index (χ0) is 14.1. The molecule has 0 radical (unpaired) electrons. The van der Waals surface area contributed by atoms with Gasteiger partial charge in [-0.3, -0.25) is 0 Å². The second-order valence-corrected chi connectivity index (χ2v) is 5.67. The first kappa shape index (κ1) is 13.3. The predicted molar refractivity (Wildman–Crippen MR) is 74.2 cm³/mol. The molecule has 0 aromatic carbocycles. The summed E-state index contributed by atoms with van der Waals surface area (Å²) in [4.78, 5) is 16.4. The molecule has 1 fully saturated rings. The molecule has 2 atom stereocenters. The number of oxazole rings is 1. The fourth-order valence-electron chi connectivity index (χ4n) is 2.59. The van der Waals surface area contributed by atoms with Crippen LogP contribution >= 0.6 is 11.3 Å². The average molecular weight is 293 g/mol. The normalized spacial score (nSPS) is 22.2. The Bertz CT molecular complexity index is 605. The molecule has 0 aliphatic carbocycles. The van der Waals surface area contributed by atoms with E-state index in [0.717, 1.165) is 17.7 Å². The molecule has 1 saturated heterocycles. The van der Waals surface area contributed by atoms with E-state index in [1.807, 2.05) is 24.4 Å². The first-order valence-electron chi connectivity index (χ1n) is 6.60. The molecule has 1 N–H and O–H groups in total. The van der Waals surface area contributed by atoms with E-state index in [4.69, 9.17) is 9.15 Å². The lowest BCUT2D eigenvalue weighted by atomic mass is 9.95. The number of hydrogen-bond acceptors (Lipinski definition) is 5. The van der Waals surface area contributed by atoms with Crippen molar-refractivity contribution in [1.82, 2.24) is 4.98 Å². The van der Waals surface area contributed by atoms with Crippen LogP contribution in [0, 0.1) is 0 Å². The van der Waals surface area contributed by atoms with Gasteiger partial charge in [0.1, 0.15) is 5.76 Å². The highest BCUT2D eigenvalue weighted by molar-refractivity contribution is 7.13. The van der Waals surface area contributed by atoms with Crippen LogP contribution in [0.15, 0.2) is 21.9 Å². The van der Waals surface area contributed by atoms with E-state index in [1.54, 1.807) is 0 Å². The summed E-state index contributed by atoms with van der Waals surface area (Å²) in [6.07, 6.45) is 1.62. The number of nitrogens with zero attached hydrogens (tertiary/aromatic N) is 1. The zero-order valence-corrected chi connectivity index (χ0v) is 11.9. The third-order valence-electron chi connectivity index (χ3n) is 3.54. The maximum atomic E-state index is 11.4. The molecule has 106 valence electrons. The third kappa shape index (κ3) is 2.25. The lowest BCUT2D eigenvalue weighted by Crippen LogP contribution is -2.15. The Balaban J connectivity index is 2.03. The van der Waals surface area contributed by atoms with Crippen LogP contribution in [0.2, 0.25) is 0 Å². The van der Waals surface area contributed by atoms with Gasteiger partial charge >= 0.3 is 5.97 Å². The van der Waals surface area contributed by atoms with Gasteiger partial charge in [-0.25, -0.2) is 9.78 Å². The van der Waals surface area contributed by atoms with Crippen molar-refractivity contribution in [3.8, 4) is 10.8 Å².